The number of nitrogens with zero attached hydrogens (tertiary/aromatic N) is 1. The van der Waals surface area contributed by atoms with Crippen molar-refractivity contribution in [3.05, 3.63) is 58.4 Å². The van der Waals surface area contributed by atoms with Crippen LogP contribution in [0.15, 0.2) is 30.6 Å². The molecule has 1 aromatic carbocycles. The van der Waals surface area contributed by atoms with Crippen molar-refractivity contribution in [1.82, 2.24) is 9.88 Å². The topological polar surface area (TPSA) is 17.0 Å². The highest BCUT2D eigenvalue weighted by atomic mass is 15.0. The molecule has 0 aliphatic heterocycles. The molecule has 2 nitrogen and oxygen atoms in total. The summed E-state index contributed by atoms with van der Waals surface area (Å²) < 4.78 is 2.36. The number of hydrogen-bond acceptors (Lipinski definition) is 1. The van der Waals surface area contributed by atoms with Crippen molar-refractivity contribution in [3.63, 3.8) is 0 Å². The second-order valence-corrected chi connectivity index (χ2v) is 6.07. The molecule has 0 bridgehead atoms. The molecule has 1 aliphatic carbocycles. The minimum atomic E-state index is 0.540. The average Bonchev–Trinajstić information content (AvgIpc) is 2.85. The van der Waals surface area contributed by atoms with Crippen LogP contribution in [0.3, 0.4) is 0 Å². The van der Waals surface area contributed by atoms with Gasteiger partial charge in [-0.3, -0.25) is 0 Å². The van der Waals surface area contributed by atoms with Gasteiger partial charge in [0.2, 0.25) is 0 Å². The molecule has 2 aromatic rings. The summed E-state index contributed by atoms with van der Waals surface area (Å²) in [7, 11) is 2.07. The van der Waals surface area contributed by atoms with Crippen molar-refractivity contribution in [1.29, 1.82) is 0 Å². The van der Waals surface area contributed by atoms with Gasteiger partial charge < -0.3 is 9.88 Å². The van der Waals surface area contributed by atoms with E-state index in [1.54, 1.807) is 0 Å². The van der Waals surface area contributed by atoms with E-state index in [-0.39, 0.29) is 0 Å². The first-order chi connectivity index (χ1) is 9.67. The monoisotopic (exact) mass is 268 g/mol. The molecule has 0 spiro atoms. The Hall–Kier alpha value is -1.54. The maximum Gasteiger partial charge on any atom is 0.0473 e. The van der Waals surface area contributed by atoms with Gasteiger partial charge in [0.1, 0.15) is 0 Å². The molecule has 3 rings (SSSR count). The summed E-state index contributed by atoms with van der Waals surface area (Å²) in [5.41, 5.74) is 7.19. The Morgan fingerprint density at radius 3 is 2.90 bits per heavy atom. The molecule has 1 unspecified atom stereocenters. The Morgan fingerprint density at radius 1 is 1.25 bits per heavy atom. The first-order valence-electron chi connectivity index (χ1n) is 7.59. The van der Waals surface area contributed by atoms with Crippen molar-refractivity contribution >= 4 is 0 Å². The molecule has 0 saturated heterocycles. The number of nitrogens with one attached hydrogen (secondary N) is 1. The van der Waals surface area contributed by atoms with Crippen LogP contribution in [0.4, 0.5) is 0 Å². The Balaban J connectivity index is 1.88. The fourth-order valence-electron chi connectivity index (χ4n) is 3.31. The first-order valence-corrected chi connectivity index (χ1v) is 7.59. The highest BCUT2D eigenvalue weighted by Crippen LogP contribution is 2.30. The van der Waals surface area contributed by atoms with Gasteiger partial charge in [0.05, 0.1) is 0 Å². The Bertz CT molecular complexity index is 610. The molecule has 0 radical (unpaired) electrons. The van der Waals surface area contributed by atoms with Crippen molar-refractivity contribution in [3.8, 4) is 0 Å². The van der Waals surface area contributed by atoms with Gasteiger partial charge in [-0.05, 0) is 62.4 Å². The maximum atomic E-state index is 3.44. The predicted molar refractivity (Wildman–Crippen MR) is 84.2 cm³/mol. The summed E-state index contributed by atoms with van der Waals surface area (Å²) in [5.74, 6) is 0. The second-order valence-electron chi connectivity index (χ2n) is 6.07. The van der Waals surface area contributed by atoms with Crippen LogP contribution in [-0.2, 0) is 13.0 Å². The SMILES string of the molecule is CNC1CCCc2cn(Cc3cc(C)ccc3C)cc21. The van der Waals surface area contributed by atoms with Crippen LogP contribution in [0.2, 0.25) is 0 Å². The fraction of sp³-hybridized carbons (Fsp3) is 0.444. The first kappa shape index (κ1) is 13.4. The number of aryl methyl sites for hydroxylation is 3. The van der Waals surface area contributed by atoms with E-state index in [0.29, 0.717) is 6.04 Å². The van der Waals surface area contributed by atoms with Crippen molar-refractivity contribution in [2.75, 3.05) is 7.05 Å². The zero-order valence-electron chi connectivity index (χ0n) is 12.7. The number of aromatic nitrogens is 1. The standard InChI is InChI=1S/C18H24N2/c1-13-7-8-14(2)16(9-13)11-20-10-15-5-4-6-18(19-3)17(15)12-20/h7-10,12,18-19H,4-6,11H2,1-3H3. The molecule has 1 atom stereocenters. The molecule has 20 heavy (non-hydrogen) atoms. The zero-order valence-corrected chi connectivity index (χ0v) is 12.7. The van der Waals surface area contributed by atoms with E-state index >= 15 is 0 Å². The minimum Gasteiger partial charge on any atom is -0.349 e. The highest BCUT2D eigenvalue weighted by molar-refractivity contribution is 5.34. The Labute approximate surface area is 121 Å². The molecule has 0 fully saturated rings. The number of fused-ring (bicyclic) bond motifs is 1. The normalized spacial score (nSPS) is 18.1. The Kier molecular flexibility index (Phi) is 3.66. The van der Waals surface area contributed by atoms with Crippen LogP contribution in [0.1, 0.15) is 46.7 Å². The molecular formula is C18H24N2. The summed E-state index contributed by atoms with van der Waals surface area (Å²) in [5, 5.41) is 3.44. The molecule has 1 aromatic heterocycles. The van der Waals surface area contributed by atoms with E-state index in [1.807, 2.05) is 0 Å². The summed E-state index contributed by atoms with van der Waals surface area (Å²) in [6.07, 6.45) is 8.48. The van der Waals surface area contributed by atoms with Crippen LogP contribution >= 0.6 is 0 Å². The maximum absolute atomic E-state index is 3.44. The van der Waals surface area contributed by atoms with E-state index in [1.165, 1.54) is 47.1 Å². The van der Waals surface area contributed by atoms with Crippen molar-refractivity contribution in [2.24, 2.45) is 0 Å². The quantitative estimate of drug-likeness (QED) is 0.897. The average molecular weight is 268 g/mol. The summed E-state index contributed by atoms with van der Waals surface area (Å²) in [4.78, 5) is 0. The third kappa shape index (κ3) is 2.53. The van der Waals surface area contributed by atoms with Gasteiger partial charge >= 0.3 is 0 Å². The number of benzene rings is 1. The fourth-order valence-corrected chi connectivity index (χ4v) is 3.31. The molecular weight excluding hydrogens is 244 g/mol. The lowest BCUT2D eigenvalue weighted by Crippen LogP contribution is -2.20. The molecule has 1 heterocycles. The molecule has 106 valence electrons. The van der Waals surface area contributed by atoms with Gasteiger partial charge in [0, 0.05) is 25.0 Å². The van der Waals surface area contributed by atoms with E-state index in [4.69, 9.17) is 0 Å². The van der Waals surface area contributed by atoms with Gasteiger partial charge in [0.15, 0.2) is 0 Å². The van der Waals surface area contributed by atoms with Gasteiger partial charge in [-0.15, -0.1) is 0 Å². The summed E-state index contributed by atoms with van der Waals surface area (Å²) >= 11 is 0. The van der Waals surface area contributed by atoms with Gasteiger partial charge in [-0.25, -0.2) is 0 Å². The van der Waals surface area contributed by atoms with Crippen LogP contribution in [0, 0.1) is 13.8 Å². The molecule has 0 saturated carbocycles. The lowest BCUT2D eigenvalue weighted by atomic mass is 9.91. The van der Waals surface area contributed by atoms with Crippen molar-refractivity contribution < 1.29 is 0 Å². The van der Waals surface area contributed by atoms with Crippen LogP contribution < -0.4 is 5.32 Å². The van der Waals surface area contributed by atoms with E-state index in [2.05, 4.69) is 61.4 Å². The minimum absolute atomic E-state index is 0.540. The molecule has 2 heteroatoms. The van der Waals surface area contributed by atoms with E-state index < -0.39 is 0 Å². The largest absolute Gasteiger partial charge is 0.349 e. The summed E-state index contributed by atoms with van der Waals surface area (Å²) in [6, 6.07) is 7.27. The van der Waals surface area contributed by atoms with Crippen LogP contribution in [0.25, 0.3) is 0 Å². The van der Waals surface area contributed by atoms with Crippen LogP contribution in [0.5, 0.6) is 0 Å². The number of rotatable bonds is 3. The smallest absolute Gasteiger partial charge is 0.0473 e. The van der Waals surface area contributed by atoms with E-state index in [0.717, 1.165) is 6.54 Å². The zero-order chi connectivity index (χ0) is 14.1. The third-order valence-corrected chi connectivity index (χ3v) is 4.52. The third-order valence-electron chi connectivity index (χ3n) is 4.52. The van der Waals surface area contributed by atoms with Gasteiger partial charge in [-0.1, -0.05) is 23.8 Å². The number of hydrogen-bond donors (Lipinski definition) is 1. The molecule has 1 N–H and O–H groups in total. The highest BCUT2D eigenvalue weighted by Gasteiger charge is 2.20. The van der Waals surface area contributed by atoms with Gasteiger partial charge in [-0.2, -0.15) is 0 Å². The summed E-state index contributed by atoms with van der Waals surface area (Å²) in [6.45, 7) is 5.35. The van der Waals surface area contributed by atoms with Crippen LogP contribution in [-0.4, -0.2) is 11.6 Å². The second kappa shape index (κ2) is 5.45. The lowest BCUT2D eigenvalue weighted by molar-refractivity contribution is 0.498. The Morgan fingerprint density at radius 2 is 2.10 bits per heavy atom. The lowest BCUT2D eigenvalue weighted by Gasteiger charge is -2.21. The van der Waals surface area contributed by atoms with Crippen molar-refractivity contribution in [2.45, 2.75) is 45.7 Å². The molecule has 1 aliphatic rings. The van der Waals surface area contributed by atoms with Gasteiger partial charge in [0.25, 0.3) is 0 Å². The molecule has 0 amide bonds. The van der Waals surface area contributed by atoms with E-state index in [9.17, 15) is 0 Å². The predicted octanol–water partition coefficient (Wildman–Crippen LogP) is 3.75.